The van der Waals surface area contributed by atoms with Gasteiger partial charge in [0.1, 0.15) is 28.6 Å². The fourth-order valence-electron chi connectivity index (χ4n) is 4.90. The number of nitrogens with zero attached hydrogens (tertiary/aromatic N) is 4. The van der Waals surface area contributed by atoms with Crippen LogP contribution in [-0.2, 0) is 35.4 Å². The van der Waals surface area contributed by atoms with Crippen LogP contribution in [0.15, 0.2) is 57.7 Å². The van der Waals surface area contributed by atoms with Crippen LogP contribution in [0.25, 0.3) is 0 Å². The Balaban J connectivity index is 1.33. The summed E-state index contributed by atoms with van der Waals surface area (Å²) in [6.07, 6.45) is -3.60. The van der Waals surface area contributed by atoms with Gasteiger partial charge in [0, 0.05) is 35.4 Å². The summed E-state index contributed by atoms with van der Waals surface area (Å²) in [7, 11) is 1.52. The molecule has 3 aliphatic rings. The molecule has 4 heterocycles. The lowest BCUT2D eigenvalue weighted by atomic mass is 10.0. The van der Waals surface area contributed by atoms with Gasteiger partial charge in [-0.25, -0.2) is 14.6 Å². The minimum Gasteiger partial charge on any atom is -0.496 e. The second-order valence-corrected chi connectivity index (χ2v) is 11.9. The number of carbonyl (C=O) groups is 5. The van der Waals surface area contributed by atoms with E-state index in [4.69, 9.17) is 10.5 Å². The summed E-state index contributed by atoms with van der Waals surface area (Å²) >= 11 is 1.92. The molecule has 0 saturated carbocycles. The molecule has 1 aromatic carbocycles. The SMILES string of the molecule is COc1ccccc1CN1CC/C(=C\C2=C(C(=O)O)N3C(=O)[C@@H](NC(=O)/C(=N\OC(=O)C(F)(F)F)c4csc(N)n4)[C@H]3SC2)C1=O. The van der Waals surface area contributed by atoms with E-state index in [0.29, 0.717) is 24.3 Å². The van der Waals surface area contributed by atoms with Crippen molar-refractivity contribution in [1.29, 1.82) is 0 Å². The first kappa shape index (κ1) is 32.5. The van der Waals surface area contributed by atoms with Gasteiger partial charge in [0.2, 0.25) is 5.91 Å². The van der Waals surface area contributed by atoms with Crippen LogP contribution in [0.2, 0.25) is 0 Å². The van der Waals surface area contributed by atoms with E-state index >= 15 is 0 Å². The first-order valence-corrected chi connectivity index (χ1v) is 15.1. The van der Waals surface area contributed by atoms with E-state index in [1.165, 1.54) is 18.6 Å². The number of carboxylic acid groups (broad SMARTS) is 1. The molecule has 14 nitrogen and oxygen atoms in total. The zero-order chi connectivity index (χ0) is 33.3. The highest BCUT2D eigenvalue weighted by Crippen LogP contribution is 2.41. The number of hydrogen-bond acceptors (Lipinski definition) is 12. The highest BCUT2D eigenvalue weighted by molar-refractivity contribution is 8.00. The van der Waals surface area contributed by atoms with Gasteiger partial charge in [-0.15, -0.1) is 23.1 Å². The Morgan fingerprint density at radius 3 is 2.65 bits per heavy atom. The summed E-state index contributed by atoms with van der Waals surface area (Å²) < 4.78 is 43.2. The number of aromatic nitrogens is 1. The van der Waals surface area contributed by atoms with Crippen molar-refractivity contribution in [3.8, 4) is 5.75 Å². The lowest BCUT2D eigenvalue weighted by Gasteiger charge is -2.49. The maximum absolute atomic E-state index is 13.2. The number of ether oxygens (including phenoxy) is 1. The molecule has 3 amide bonds. The molecular formula is C27H23F3N6O8S2. The number of carbonyl (C=O) groups excluding carboxylic acids is 4. The Hall–Kier alpha value is -4.91. The Bertz CT molecular complexity index is 1720. The normalized spacial score (nSPS) is 20.9. The minimum absolute atomic E-state index is 0.0541. The Labute approximate surface area is 265 Å². The third kappa shape index (κ3) is 6.41. The molecule has 46 heavy (non-hydrogen) atoms. The Morgan fingerprint density at radius 1 is 1.26 bits per heavy atom. The molecule has 19 heteroatoms. The lowest BCUT2D eigenvalue weighted by Crippen LogP contribution is -2.71. The quantitative estimate of drug-likeness (QED) is 0.115. The largest absolute Gasteiger partial charge is 0.496 e. The smallest absolute Gasteiger partial charge is 0.493 e. The zero-order valence-electron chi connectivity index (χ0n) is 23.6. The summed E-state index contributed by atoms with van der Waals surface area (Å²) in [5.41, 5.74) is 5.35. The monoisotopic (exact) mass is 680 g/mol. The van der Waals surface area contributed by atoms with E-state index in [-0.39, 0.29) is 40.3 Å². The summed E-state index contributed by atoms with van der Waals surface area (Å²) in [5, 5.41) is 15.5. The molecule has 2 atom stereocenters. The topological polar surface area (TPSA) is 194 Å². The first-order chi connectivity index (χ1) is 21.8. The van der Waals surface area contributed by atoms with Crippen molar-refractivity contribution >= 4 is 63.6 Å². The number of nitrogen functional groups attached to an aromatic ring is 1. The number of fused-ring (bicyclic) bond motifs is 1. The number of rotatable bonds is 9. The molecule has 2 fully saturated rings. The molecule has 4 N–H and O–H groups in total. The molecule has 0 radical (unpaired) electrons. The number of para-hydroxylation sites is 1. The van der Waals surface area contributed by atoms with Crippen molar-refractivity contribution in [3.63, 3.8) is 0 Å². The molecular weight excluding hydrogens is 657 g/mol. The predicted octanol–water partition coefficient (Wildman–Crippen LogP) is 1.64. The number of β-lactam (4-membered cyclic amide) rings is 1. The number of likely N-dealkylation sites (tertiary alicyclic amines) is 1. The number of nitrogens with two attached hydrogens (primary N) is 1. The van der Waals surface area contributed by atoms with E-state index in [1.807, 2.05) is 12.1 Å². The second-order valence-electron chi connectivity index (χ2n) is 9.89. The number of thioether (sulfide) groups is 1. The third-order valence-corrected chi connectivity index (χ3v) is 9.01. The van der Waals surface area contributed by atoms with Crippen LogP contribution in [0.3, 0.4) is 0 Å². The molecule has 2 aromatic rings. The number of halogens is 3. The number of methoxy groups -OCH3 is 1. The summed E-state index contributed by atoms with van der Waals surface area (Å²) in [6, 6.07) is 5.92. The van der Waals surface area contributed by atoms with Crippen LogP contribution in [0.4, 0.5) is 18.3 Å². The average Bonchev–Trinajstić information content (AvgIpc) is 3.59. The molecule has 2 saturated heterocycles. The second kappa shape index (κ2) is 12.8. The maximum Gasteiger partial charge on any atom is 0.493 e. The van der Waals surface area contributed by atoms with Gasteiger partial charge >= 0.3 is 18.1 Å². The van der Waals surface area contributed by atoms with E-state index in [9.17, 15) is 42.3 Å². The summed E-state index contributed by atoms with van der Waals surface area (Å²) in [6.45, 7) is 0.666. The Morgan fingerprint density at radius 2 is 2.00 bits per heavy atom. The fraction of sp³-hybridized carbons (Fsp3) is 0.296. The lowest BCUT2D eigenvalue weighted by molar-refractivity contribution is -0.199. The van der Waals surface area contributed by atoms with E-state index in [2.05, 4.69) is 20.3 Å². The van der Waals surface area contributed by atoms with Gasteiger partial charge in [-0.1, -0.05) is 23.4 Å². The van der Waals surface area contributed by atoms with Gasteiger partial charge in [0.25, 0.3) is 11.8 Å². The van der Waals surface area contributed by atoms with Crippen LogP contribution < -0.4 is 15.8 Å². The number of allylic oxidation sites excluding steroid dienone is 1. The van der Waals surface area contributed by atoms with Gasteiger partial charge in [-0.2, -0.15) is 13.2 Å². The number of hydrogen-bond donors (Lipinski definition) is 3. The number of anilines is 1. The zero-order valence-corrected chi connectivity index (χ0v) is 25.2. The summed E-state index contributed by atoms with van der Waals surface area (Å²) in [4.78, 5) is 73.1. The number of amides is 3. The van der Waals surface area contributed by atoms with Crippen LogP contribution in [0.1, 0.15) is 17.7 Å². The predicted molar refractivity (Wildman–Crippen MR) is 156 cm³/mol. The van der Waals surface area contributed by atoms with Crippen LogP contribution in [0.5, 0.6) is 5.75 Å². The highest BCUT2D eigenvalue weighted by atomic mass is 32.2. The van der Waals surface area contributed by atoms with E-state index in [1.54, 1.807) is 17.0 Å². The number of carboxylic acids is 1. The van der Waals surface area contributed by atoms with E-state index in [0.717, 1.165) is 33.6 Å². The van der Waals surface area contributed by atoms with Crippen molar-refractivity contribution in [2.45, 2.75) is 30.6 Å². The molecule has 5 rings (SSSR count). The van der Waals surface area contributed by atoms with Crippen molar-refractivity contribution in [3.05, 3.63) is 63.8 Å². The maximum atomic E-state index is 13.2. The van der Waals surface area contributed by atoms with Gasteiger partial charge in [-0.05, 0) is 24.1 Å². The van der Waals surface area contributed by atoms with Crippen LogP contribution in [0, 0.1) is 0 Å². The van der Waals surface area contributed by atoms with Gasteiger partial charge in [-0.3, -0.25) is 19.3 Å². The number of aliphatic carboxylic acids is 1. The molecule has 0 bridgehead atoms. The molecule has 0 unspecified atom stereocenters. The van der Waals surface area contributed by atoms with Gasteiger partial charge < -0.3 is 30.6 Å². The molecule has 0 aliphatic carbocycles. The molecule has 3 aliphatic heterocycles. The number of benzene rings is 1. The van der Waals surface area contributed by atoms with Crippen LogP contribution >= 0.6 is 23.1 Å². The average molecular weight is 681 g/mol. The number of oxime groups is 1. The standard InChI is InChI=1S/C27H23F3N6O8S2/c1-43-16-5-3-2-4-13(16)9-35-7-6-12(21(35)38)8-14-10-45-23-18(22(39)36(23)19(14)24(40)41)33-20(37)17(15-11-46-26(31)32-15)34-44-25(42)27(28,29)30/h2-5,8,11,18,23H,6-7,9-10H2,1H3,(H2,31,32)(H,33,37)(H,40,41)/b12-8+,34-17-/t18-,23-/m1/s1. The van der Waals surface area contributed by atoms with Crippen molar-refractivity contribution < 1.29 is 51.8 Å². The van der Waals surface area contributed by atoms with Crippen molar-refractivity contribution in [2.24, 2.45) is 5.16 Å². The fourth-order valence-corrected chi connectivity index (χ4v) is 6.76. The minimum atomic E-state index is -5.40. The van der Waals surface area contributed by atoms with Gasteiger partial charge in [0.05, 0.1) is 7.11 Å². The first-order valence-electron chi connectivity index (χ1n) is 13.2. The molecule has 1 aromatic heterocycles. The number of nitrogens with one attached hydrogen (secondary N) is 1. The van der Waals surface area contributed by atoms with Crippen molar-refractivity contribution in [2.75, 3.05) is 25.1 Å². The summed E-state index contributed by atoms with van der Waals surface area (Å²) in [5.74, 6) is -5.82. The van der Waals surface area contributed by atoms with Crippen molar-refractivity contribution in [1.82, 2.24) is 20.1 Å². The number of alkyl halides is 3. The highest BCUT2D eigenvalue weighted by Gasteiger charge is 2.54. The molecule has 242 valence electrons. The molecule has 0 spiro atoms. The Kier molecular flexibility index (Phi) is 9.06. The number of thiazole rings is 1. The third-order valence-electron chi connectivity index (χ3n) is 7.03. The van der Waals surface area contributed by atoms with Crippen LogP contribution in [-0.4, -0.2) is 92.3 Å². The van der Waals surface area contributed by atoms with Gasteiger partial charge in [0.15, 0.2) is 10.8 Å². The van der Waals surface area contributed by atoms with E-state index < -0.39 is 47.1 Å².